The smallest absolute Gasteiger partial charge is 0.343 e. The molecule has 0 amide bonds. The van der Waals surface area contributed by atoms with Gasteiger partial charge in [0.05, 0.1) is 11.8 Å². The van der Waals surface area contributed by atoms with Crippen LogP contribution in [0.1, 0.15) is 25.3 Å². The summed E-state index contributed by atoms with van der Waals surface area (Å²) in [6.07, 6.45) is -0.851. The van der Waals surface area contributed by atoms with Crippen LogP contribution in [0.2, 0.25) is 0 Å². The monoisotopic (exact) mass is 325 g/mol. The zero-order valence-corrected chi connectivity index (χ0v) is 12.9. The van der Waals surface area contributed by atoms with Crippen molar-refractivity contribution in [2.24, 2.45) is 0 Å². The number of nitrogens with zero attached hydrogens (tertiary/aromatic N) is 4. The minimum Gasteiger partial charge on any atom is -0.343 e. The van der Waals surface area contributed by atoms with Gasteiger partial charge in [-0.2, -0.15) is 23.3 Å². The van der Waals surface area contributed by atoms with Crippen LogP contribution in [0.15, 0.2) is 30.5 Å². The Labute approximate surface area is 132 Å². The van der Waals surface area contributed by atoms with Crippen molar-refractivity contribution in [1.29, 1.82) is 0 Å². The van der Waals surface area contributed by atoms with Crippen LogP contribution in [0.4, 0.5) is 30.6 Å². The molecule has 1 aromatic heterocycles. The highest BCUT2D eigenvalue weighted by Crippen LogP contribution is 2.30. The first-order chi connectivity index (χ1) is 10.9. The number of rotatable bonds is 6. The Morgan fingerprint density at radius 1 is 1.17 bits per heavy atom. The lowest BCUT2D eigenvalue weighted by atomic mass is 10.2. The van der Waals surface area contributed by atoms with E-state index in [1.54, 1.807) is 0 Å². The van der Waals surface area contributed by atoms with E-state index < -0.39 is 11.7 Å². The molecule has 0 bridgehead atoms. The van der Waals surface area contributed by atoms with Gasteiger partial charge < -0.3 is 10.2 Å². The highest BCUT2D eigenvalue weighted by Gasteiger charge is 2.29. The third kappa shape index (κ3) is 4.80. The van der Waals surface area contributed by atoms with E-state index >= 15 is 0 Å². The molecular formula is C15H18F3N5. The molecule has 23 heavy (non-hydrogen) atoms. The number of alkyl halides is 3. The average Bonchev–Trinajstić information content (AvgIpc) is 2.52. The fourth-order valence-corrected chi connectivity index (χ4v) is 1.90. The van der Waals surface area contributed by atoms with Crippen molar-refractivity contribution >= 4 is 17.5 Å². The second-order valence-electron chi connectivity index (χ2n) is 5.12. The Bertz CT molecular complexity index is 628. The summed E-state index contributed by atoms with van der Waals surface area (Å²) in [5.41, 5.74) is -0.190. The second kappa shape index (κ2) is 7.26. The lowest BCUT2D eigenvalue weighted by Gasteiger charge is -2.16. The van der Waals surface area contributed by atoms with Crippen LogP contribution >= 0.6 is 0 Å². The second-order valence-corrected chi connectivity index (χ2v) is 5.12. The molecule has 0 aliphatic carbocycles. The number of nitrogens with one attached hydrogen (secondary N) is 1. The van der Waals surface area contributed by atoms with Crippen molar-refractivity contribution in [2.45, 2.75) is 25.9 Å². The quantitative estimate of drug-likeness (QED) is 0.874. The summed E-state index contributed by atoms with van der Waals surface area (Å²) < 4.78 is 37.6. The molecule has 2 aromatic rings. The van der Waals surface area contributed by atoms with Gasteiger partial charge in [0.2, 0.25) is 5.95 Å². The van der Waals surface area contributed by atoms with Crippen LogP contribution in [-0.4, -0.2) is 28.8 Å². The van der Waals surface area contributed by atoms with Crippen molar-refractivity contribution in [3.8, 4) is 0 Å². The first kappa shape index (κ1) is 17.0. The number of hydrogen-bond donors (Lipinski definition) is 1. The number of aromatic nitrogens is 3. The molecule has 0 spiro atoms. The van der Waals surface area contributed by atoms with Gasteiger partial charge in [-0.3, -0.25) is 0 Å². The molecular weight excluding hydrogens is 307 g/mol. The Kier molecular flexibility index (Phi) is 5.36. The third-order valence-electron chi connectivity index (χ3n) is 3.22. The molecule has 5 nitrogen and oxygen atoms in total. The number of anilines is 3. The summed E-state index contributed by atoms with van der Waals surface area (Å²) in [5.74, 6) is 0.897. The largest absolute Gasteiger partial charge is 0.416 e. The molecule has 1 heterocycles. The van der Waals surface area contributed by atoms with Crippen LogP contribution in [0, 0.1) is 0 Å². The van der Waals surface area contributed by atoms with Gasteiger partial charge in [-0.05, 0) is 30.7 Å². The van der Waals surface area contributed by atoms with Gasteiger partial charge in [0.1, 0.15) is 0 Å². The van der Waals surface area contributed by atoms with Gasteiger partial charge in [0, 0.05) is 19.3 Å². The SMILES string of the molecule is CCCCN(C)c1nncc(Nc2ccc(C(F)(F)F)cc2)n1. The van der Waals surface area contributed by atoms with Crippen molar-refractivity contribution in [1.82, 2.24) is 15.2 Å². The van der Waals surface area contributed by atoms with E-state index in [9.17, 15) is 13.2 Å². The predicted molar refractivity (Wildman–Crippen MR) is 82.7 cm³/mol. The van der Waals surface area contributed by atoms with Gasteiger partial charge in [-0.15, -0.1) is 5.10 Å². The Morgan fingerprint density at radius 3 is 2.48 bits per heavy atom. The summed E-state index contributed by atoms with van der Waals surface area (Å²) in [6.45, 7) is 2.90. The van der Waals surface area contributed by atoms with Crippen LogP contribution in [0.25, 0.3) is 0 Å². The van der Waals surface area contributed by atoms with Gasteiger partial charge in [0.25, 0.3) is 0 Å². The minimum absolute atomic E-state index is 0.429. The van der Waals surface area contributed by atoms with Gasteiger partial charge in [-0.1, -0.05) is 13.3 Å². The number of benzene rings is 1. The van der Waals surface area contributed by atoms with E-state index in [-0.39, 0.29) is 0 Å². The van der Waals surface area contributed by atoms with Crippen LogP contribution in [0.5, 0.6) is 0 Å². The van der Waals surface area contributed by atoms with E-state index in [1.165, 1.54) is 18.3 Å². The maximum Gasteiger partial charge on any atom is 0.416 e. The molecule has 1 aromatic carbocycles. The molecule has 0 aliphatic rings. The van der Waals surface area contributed by atoms with Crippen LogP contribution in [0.3, 0.4) is 0 Å². The summed E-state index contributed by atoms with van der Waals surface area (Å²) in [5, 5.41) is 10.8. The fraction of sp³-hybridized carbons (Fsp3) is 0.400. The molecule has 0 saturated heterocycles. The zero-order valence-electron chi connectivity index (χ0n) is 12.9. The topological polar surface area (TPSA) is 53.9 Å². The van der Waals surface area contributed by atoms with E-state index in [0.29, 0.717) is 17.5 Å². The summed E-state index contributed by atoms with van der Waals surface area (Å²) in [6, 6.07) is 4.74. The van der Waals surface area contributed by atoms with E-state index in [4.69, 9.17) is 0 Å². The van der Waals surface area contributed by atoms with E-state index in [2.05, 4.69) is 27.4 Å². The highest BCUT2D eigenvalue weighted by molar-refractivity contribution is 5.56. The standard InChI is InChI=1S/C15H18F3N5/c1-3-4-9-23(2)14-21-13(10-19-22-14)20-12-7-5-11(6-8-12)15(16,17)18/h5-8,10H,3-4,9H2,1-2H3,(H,20,21,22). The first-order valence-corrected chi connectivity index (χ1v) is 7.25. The number of hydrogen-bond acceptors (Lipinski definition) is 5. The molecule has 0 radical (unpaired) electrons. The Balaban J connectivity index is 2.08. The average molecular weight is 325 g/mol. The van der Waals surface area contributed by atoms with Crippen molar-refractivity contribution in [3.05, 3.63) is 36.0 Å². The van der Waals surface area contributed by atoms with Crippen LogP contribution < -0.4 is 10.2 Å². The molecule has 1 N–H and O–H groups in total. The Hall–Kier alpha value is -2.38. The molecule has 0 fully saturated rings. The van der Waals surface area contributed by atoms with Crippen molar-refractivity contribution in [2.75, 3.05) is 23.8 Å². The van der Waals surface area contributed by atoms with Crippen molar-refractivity contribution in [3.63, 3.8) is 0 Å². The normalized spacial score (nSPS) is 11.3. The summed E-state index contributed by atoms with van der Waals surface area (Å²) in [4.78, 5) is 6.19. The van der Waals surface area contributed by atoms with Gasteiger partial charge in [-0.25, -0.2) is 0 Å². The van der Waals surface area contributed by atoms with E-state index in [1.807, 2.05) is 11.9 Å². The predicted octanol–water partition coefficient (Wildman–Crippen LogP) is 3.87. The van der Waals surface area contributed by atoms with Crippen molar-refractivity contribution < 1.29 is 13.2 Å². The highest BCUT2D eigenvalue weighted by atomic mass is 19.4. The third-order valence-corrected chi connectivity index (χ3v) is 3.22. The molecule has 0 unspecified atom stereocenters. The summed E-state index contributed by atoms with van der Waals surface area (Å²) in [7, 11) is 1.87. The molecule has 124 valence electrons. The molecule has 0 saturated carbocycles. The van der Waals surface area contributed by atoms with Crippen LogP contribution in [-0.2, 0) is 6.18 Å². The van der Waals surface area contributed by atoms with Gasteiger partial charge in [0.15, 0.2) is 5.82 Å². The fourth-order valence-electron chi connectivity index (χ4n) is 1.90. The zero-order chi connectivity index (χ0) is 16.9. The number of halogens is 3. The Morgan fingerprint density at radius 2 is 1.87 bits per heavy atom. The maximum absolute atomic E-state index is 12.5. The lowest BCUT2D eigenvalue weighted by molar-refractivity contribution is -0.137. The molecule has 0 aliphatic heterocycles. The first-order valence-electron chi connectivity index (χ1n) is 7.25. The molecule has 8 heteroatoms. The minimum atomic E-state index is -4.34. The van der Waals surface area contributed by atoms with E-state index in [0.717, 1.165) is 31.5 Å². The number of unbranched alkanes of at least 4 members (excludes halogenated alkanes) is 1. The summed E-state index contributed by atoms with van der Waals surface area (Å²) >= 11 is 0. The maximum atomic E-state index is 12.5. The molecule has 2 rings (SSSR count). The molecule has 0 atom stereocenters. The lowest BCUT2D eigenvalue weighted by Crippen LogP contribution is -2.21. The van der Waals surface area contributed by atoms with Gasteiger partial charge >= 0.3 is 6.18 Å².